The first-order valence-corrected chi connectivity index (χ1v) is 6.38. The van der Waals surface area contributed by atoms with Crippen molar-refractivity contribution < 1.29 is 9.53 Å². The largest absolute Gasteiger partial charge is 0.457 e. The Morgan fingerprint density at radius 2 is 1.88 bits per heavy atom. The Balaban J connectivity index is 3.81. The quantitative estimate of drug-likeness (QED) is 0.348. The van der Waals surface area contributed by atoms with E-state index in [1.54, 1.807) is 0 Å². The molecule has 0 aromatic heterocycles. The van der Waals surface area contributed by atoms with Crippen molar-refractivity contribution in [1.29, 1.82) is 5.26 Å². The van der Waals surface area contributed by atoms with Crippen LogP contribution in [-0.4, -0.2) is 12.1 Å². The predicted octanol–water partition coefficient (Wildman–Crippen LogP) is 3.75. The zero-order chi connectivity index (χ0) is 13.1. The highest BCUT2D eigenvalue weighted by molar-refractivity contribution is 5.66. The fourth-order valence-corrected chi connectivity index (χ4v) is 1.69. The molecule has 0 rings (SSSR count). The van der Waals surface area contributed by atoms with E-state index in [9.17, 15) is 4.79 Å². The highest BCUT2D eigenvalue weighted by atomic mass is 16.5. The Labute approximate surface area is 104 Å². The summed E-state index contributed by atoms with van der Waals surface area (Å²) in [5.41, 5.74) is 0.341. The molecule has 0 fully saturated rings. The number of rotatable bonds is 9. The summed E-state index contributed by atoms with van der Waals surface area (Å²) < 4.78 is 5.07. The second kappa shape index (κ2) is 9.89. The standard InChI is InChI=1S/C14H23NO2/c1-4-5-6-7-8-9-10-14(12(2)11-15)17-13(3)16/h14H,2,4-10H2,1,3H3. The average molecular weight is 237 g/mol. The number of hydrogen-bond donors (Lipinski definition) is 0. The minimum absolute atomic E-state index is 0.341. The highest BCUT2D eigenvalue weighted by Gasteiger charge is 2.15. The van der Waals surface area contributed by atoms with Crippen molar-refractivity contribution in [3.05, 3.63) is 12.2 Å². The van der Waals surface area contributed by atoms with Gasteiger partial charge in [0.2, 0.25) is 0 Å². The SMILES string of the molecule is C=C(C#N)C(CCCCCCCC)OC(C)=O. The molecule has 0 amide bonds. The molecule has 1 atom stereocenters. The molecule has 0 heterocycles. The molecule has 0 aliphatic heterocycles. The van der Waals surface area contributed by atoms with Crippen molar-refractivity contribution in [3.8, 4) is 6.07 Å². The Bertz CT molecular complexity index is 278. The predicted molar refractivity (Wildman–Crippen MR) is 68.3 cm³/mol. The first-order valence-electron chi connectivity index (χ1n) is 6.38. The molecule has 0 saturated carbocycles. The highest BCUT2D eigenvalue weighted by Crippen LogP contribution is 2.15. The molecular weight excluding hydrogens is 214 g/mol. The molecule has 3 heteroatoms. The van der Waals surface area contributed by atoms with E-state index >= 15 is 0 Å². The van der Waals surface area contributed by atoms with Crippen LogP contribution in [0, 0.1) is 11.3 Å². The van der Waals surface area contributed by atoms with Gasteiger partial charge >= 0.3 is 5.97 Å². The third kappa shape index (κ3) is 8.50. The summed E-state index contributed by atoms with van der Waals surface area (Å²) in [6.07, 6.45) is 7.35. The van der Waals surface area contributed by atoms with Gasteiger partial charge in [0.15, 0.2) is 0 Å². The summed E-state index contributed by atoms with van der Waals surface area (Å²) >= 11 is 0. The van der Waals surface area contributed by atoms with Crippen LogP contribution in [0.5, 0.6) is 0 Å². The topological polar surface area (TPSA) is 50.1 Å². The van der Waals surface area contributed by atoms with E-state index in [2.05, 4.69) is 13.5 Å². The lowest BCUT2D eigenvalue weighted by molar-refractivity contribution is -0.144. The van der Waals surface area contributed by atoms with E-state index < -0.39 is 6.10 Å². The molecule has 0 aliphatic carbocycles. The van der Waals surface area contributed by atoms with Crippen LogP contribution in [0.2, 0.25) is 0 Å². The van der Waals surface area contributed by atoms with Crippen LogP contribution in [-0.2, 0) is 9.53 Å². The van der Waals surface area contributed by atoms with Crippen molar-refractivity contribution in [2.75, 3.05) is 0 Å². The fraction of sp³-hybridized carbons (Fsp3) is 0.714. The third-order valence-corrected chi connectivity index (χ3v) is 2.66. The van der Waals surface area contributed by atoms with Crippen LogP contribution in [0.25, 0.3) is 0 Å². The van der Waals surface area contributed by atoms with Crippen molar-refractivity contribution in [2.45, 2.75) is 64.9 Å². The summed E-state index contributed by atoms with van der Waals surface area (Å²) in [7, 11) is 0. The molecule has 0 bridgehead atoms. The summed E-state index contributed by atoms with van der Waals surface area (Å²) in [6.45, 7) is 7.16. The molecular formula is C14H23NO2. The summed E-state index contributed by atoms with van der Waals surface area (Å²) in [4.78, 5) is 10.9. The first kappa shape index (κ1) is 15.7. The zero-order valence-corrected chi connectivity index (χ0v) is 11.0. The smallest absolute Gasteiger partial charge is 0.303 e. The van der Waals surface area contributed by atoms with Crippen LogP contribution in [0.4, 0.5) is 0 Å². The number of nitrogens with zero attached hydrogens (tertiary/aromatic N) is 1. The second-order valence-electron chi connectivity index (χ2n) is 4.29. The van der Waals surface area contributed by atoms with E-state index in [1.165, 1.54) is 32.6 Å². The molecule has 96 valence electrons. The monoisotopic (exact) mass is 237 g/mol. The van der Waals surface area contributed by atoms with Gasteiger partial charge in [-0.05, 0) is 12.8 Å². The molecule has 1 unspecified atom stereocenters. The third-order valence-electron chi connectivity index (χ3n) is 2.66. The van der Waals surface area contributed by atoms with E-state index in [1.807, 2.05) is 6.07 Å². The number of esters is 1. The lowest BCUT2D eigenvalue weighted by Gasteiger charge is -2.15. The molecule has 0 saturated heterocycles. The zero-order valence-electron chi connectivity index (χ0n) is 11.0. The van der Waals surface area contributed by atoms with Gasteiger partial charge < -0.3 is 4.74 Å². The van der Waals surface area contributed by atoms with Gasteiger partial charge in [-0.15, -0.1) is 0 Å². The lowest BCUT2D eigenvalue weighted by Crippen LogP contribution is -2.17. The van der Waals surface area contributed by atoms with Crippen LogP contribution < -0.4 is 0 Å². The van der Waals surface area contributed by atoms with Crippen molar-refractivity contribution in [2.24, 2.45) is 0 Å². The number of carbonyl (C=O) groups is 1. The van der Waals surface area contributed by atoms with Crippen molar-refractivity contribution >= 4 is 5.97 Å². The summed E-state index contributed by atoms with van der Waals surface area (Å²) in [5.74, 6) is -0.350. The molecule has 0 spiro atoms. The van der Waals surface area contributed by atoms with E-state index in [-0.39, 0.29) is 5.97 Å². The normalized spacial score (nSPS) is 11.6. The maximum atomic E-state index is 10.9. The van der Waals surface area contributed by atoms with E-state index in [0.29, 0.717) is 12.0 Å². The Hall–Kier alpha value is -1.30. The van der Waals surface area contributed by atoms with Gasteiger partial charge in [-0.25, -0.2) is 0 Å². The molecule has 0 aromatic rings. The average Bonchev–Trinajstić information content (AvgIpc) is 2.30. The Morgan fingerprint density at radius 1 is 1.29 bits per heavy atom. The van der Waals surface area contributed by atoms with Gasteiger partial charge in [-0.1, -0.05) is 45.6 Å². The fourth-order valence-electron chi connectivity index (χ4n) is 1.69. The van der Waals surface area contributed by atoms with Crippen LogP contribution in [0.3, 0.4) is 0 Å². The van der Waals surface area contributed by atoms with Crippen LogP contribution >= 0.6 is 0 Å². The number of nitriles is 1. The molecule has 0 aliphatic rings. The molecule has 0 N–H and O–H groups in total. The maximum absolute atomic E-state index is 10.9. The number of ether oxygens (including phenoxy) is 1. The number of unbranched alkanes of at least 4 members (excludes halogenated alkanes) is 5. The van der Waals surface area contributed by atoms with Gasteiger partial charge in [0.1, 0.15) is 6.10 Å². The molecule has 0 radical (unpaired) electrons. The van der Waals surface area contributed by atoms with Gasteiger partial charge in [0.25, 0.3) is 0 Å². The first-order chi connectivity index (χ1) is 8.11. The Kier molecular flexibility index (Phi) is 9.14. The Morgan fingerprint density at radius 3 is 2.41 bits per heavy atom. The molecule has 0 aromatic carbocycles. The maximum Gasteiger partial charge on any atom is 0.303 e. The van der Waals surface area contributed by atoms with Crippen molar-refractivity contribution in [1.82, 2.24) is 0 Å². The van der Waals surface area contributed by atoms with Gasteiger partial charge in [0.05, 0.1) is 11.6 Å². The van der Waals surface area contributed by atoms with Gasteiger partial charge in [0, 0.05) is 6.92 Å². The van der Waals surface area contributed by atoms with Gasteiger partial charge in [-0.2, -0.15) is 5.26 Å². The molecule has 17 heavy (non-hydrogen) atoms. The second-order valence-corrected chi connectivity index (χ2v) is 4.29. The molecule has 3 nitrogen and oxygen atoms in total. The number of hydrogen-bond acceptors (Lipinski definition) is 3. The summed E-state index contributed by atoms with van der Waals surface area (Å²) in [5, 5.41) is 8.75. The van der Waals surface area contributed by atoms with Crippen molar-refractivity contribution in [3.63, 3.8) is 0 Å². The minimum Gasteiger partial charge on any atom is -0.457 e. The van der Waals surface area contributed by atoms with Crippen LogP contribution in [0.1, 0.15) is 58.8 Å². The van der Waals surface area contributed by atoms with E-state index in [4.69, 9.17) is 10.00 Å². The number of carbonyl (C=O) groups excluding carboxylic acids is 1. The summed E-state index contributed by atoms with van der Waals surface area (Å²) in [6, 6.07) is 1.96. The van der Waals surface area contributed by atoms with Crippen LogP contribution in [0.15, 0.2) is 12.2 Å². The minimum atomic E-state index is -0.427. The lowest BCUT2D eigenvalue weighted by atomic mass is 10.0. The van der Waals surface area contributed by atoms with Gasteiger partial charge in [-0.3, -0.25) is 4.79 Å². The van der Waals surface area contributed by atoms with E-state index in [0.717, 1.165) is 12.8 Å².